The number of thiophene rings is 1. The molecular weight excluding hydrogens is 292 g/mol. The van der Waals surface area contributed by atoms with Gasteiger partial charge in [-0.2, -0.15) is 0 Å². The third-order valence-corrected chi connectivity index (χ3v) is 3.95. The van der Waals surface area contributed by atoms with E-state index in [4.69, 9.17) is 5.11 Å². The van der Waals surface area contributed by atoms with Crippen LogP contribution in [0.25, 0.3) is 6.08 Å². The highest BCUT2D eigenvalue weighted by Crippen LogP contribution is 2.28. The monoisotopic (exact) mass is 308 g/mol. The van der Waals surface area contributed by atoms with Crippen molar-refractivity contribution in [2.24, 2.45) is 5.92 Å². The second kappa shape index (κ2) is 7.03. The van der Waals surface area contributed by atoms with E-state index in [1.54, 1.807) is 12.1 Å². The van der Waals surface area contributed by atoms with Gasteiger partial charge in [0, 0.05) is 30.0 Å². The van der Waals surface area contributed by atoms with Gasteiger partial charge in [-0.25, -0.2) is 4.79 Å². The van der Waals surface area contributed by atoms with Crippen molar-refractivity contribution in [3.8, 4) is 0 Å². The van der Waals surface area contributed by atoms with Gasteiger partial charge in [0.2, 0.25) is 5.91 Å². The maximum Gasteiger partial charge on any atom is 0.328 e. The van der Waals surface area contributed by atoms with Crippen molar-refractivity contribution < 1.29 is 19.5 Å². The van der Waals surface area contributed by atoms with Gasteiger partial charge in [0.05, 0.1) is 4.88 Å². The molecule has 112 valence electrons. The van der Waals surface area contributed by atoms with E-state index in [0.29, 0.717) is 22.8 Å². The van der Waals surface area contributed by atoms with Crippen molar-refractivity contribution in [3.63, 3.8) is 0 Å². The Morgan fingerprint density at radius 2 is 1.95 bits per heavy atom. The van der Waals surface area contributed by atoms with Crippen molar-refractivity contribution >= 4 is 35.2 Å². The molecule has 1 aliphatic carbocycles. The van der Waals surface area contributed by atoms with Gasteiger partial charge in [0.25, 0.3) is 5.91 Å². The van der Waals surface area contributed by atoms with E-state index in [2.05, 4.69) is 10.6 Å². The number of hydrogen-bond donors (Lipinski definition) is 3. The Balaban J connectivity index is 1.72. The summed E-state index contributed by atoms with van der Waals surface area (Å²) in [5.41, 5.74) is 0. The molecule has 1 aromatic rings. The molecule has 1 heterocycles. The summed E-state index contributed by atoms with van der Waals surface area (Å²) in [7, 11) is 0. The lowest BCUT2D eigenvalue weighted by atomic mass is 10.3. The van der Waals surface area contributed by atoms with Crippen LogP contribution in [0, 0.1) is 5.92 Å². The summed E-state index contributed by atoms with van der Waals surface area (Å²) in [5, 5.41) is 14.0. The van der Waals surface area contributed by atoms with Gasteiger partial charge in [-0.05, 0) is 31.1 Å². The van der Waals surface area contributed by atoms with E-state index in [1.165, 1.54) is 17.4 Å². The van der Waals surface area contributed by atoms with Crippen LogP contribution in [0.15, 0.2) is 18.2 Å². The Labute approximate surface area is 125 Å². The number of aliphatic carboxylic acids is 1. The summed E-state index contributed by atoms with van der Waals surface area (Å²) in [6.07, 6.45) is 4.39. The van der Waals surface area contributed by atoms with E-state index < -0.39 is 5.97 Å². The van der Waals surface area contributed by atoms with Gasteiger partial charge < -0.3 is 15.7 Å². The highest BCUT2D eigenvalue weighted by Gasteiger charge is 2.28. The van der Waals surface area contributed by atoms with E-state index >= 15 is 0 Å². The molecule has 2 amide bonds. The Morgan fingerprint density at radius 1 is 1.24 bits per heavy atom. The zero-order valence-electron chi connectivity index (χ0n) is 11.3. The van der Waals surface area contributed by atoms with Crippen LogP contribution in [0.3, 0.4) is 0 Å². The molecule has 1 fully saturated rings. The quantitative estimate of drug-likeness (QED) is 0.519. The molecule has 0 atom stereocenters. The first kappa shape index (κ1) is 15.2. The lowest BCUT2D eigenvalue weighted by molar-refractivity contribution is -0.131. The molecule has 6 nitrogen and oxygen atoms in total. The maximum absolute atomic E-state index is 11.8. The Hall–Kier alpha value is -2.15. The molecule has 0 spiro atoms. The van der Waals surface area contributed by atoms with Gasteiger partial charge in [-0.3, -0.25) is 9.59 Å². The van der Waals surface area contributed by atoms with Gasteiger partial charge in [0.1, 0.15) is 0 Å². The van der Waals surface area contributed by atoms with Crippen LogP contribution in [0.4, 0.5) is 0 Å². The first-order chi connectivity index (χ1) is 10.1. The van der Waals surface area contributed by atoms with Crippen LogP contribution in [0.5, 0.6) is 0 Å². The highest BCUT2D eigenvalue weighted by molar-refractivity contribution is 7.14. The summed E-state index contributed by atoms with van der Waals surface area (Å²) >= 11 is 1.21. The topological polar surface area (TPSA) is 95.5 Å². The van der Waals surface area contributed by atoms with E-state index in [1.807, 2.05) is 0 Å². The number of amides is 2. The summed E-state index contributed by atoms with van der Waals surface area (Å²) in [5.74, 6) is -1.03. The summed E-state index contributed by atoms with van der Waals surface area (Å²) in [6.45, 7) is 0.785. The van der Waals surface area contributed by atoms with E-state index in [9.17, 15) is 14.4 Å². The van der Waals surface area contributed by atoms with E-state index in [0.717, 1.165) is 18.9 Å². The molecule has 0 aromatic carbocycles. The molecule has 2 rings (SSSR count). The zero-order chi connectivity index (χ0) is 15.2. The molecule has 1 saturated carbocycles. The second-order valence-electron chi connectivity index (χ2n) is 4.69. The smallest absolute Gasteiger partial charge is 0.328 e. The predicted molar refractivity (Wildman–Crippen MR) is 79.1 cm³/mol. The molecule has 7 heteroatoms. The minimum absolute atomic E-state index is 0.0569. The average Bonchev–Trinajstić information content (AvgIpc) is 3.19. The first-order valence-corrected chi connectivity index (χ1v) is 7.44. The number of carboxylic acid groups (broad SMARTS) is 1. The fraction of sp³-hybridized carbons (Fsp3) is 0.357. The van der Waals surface area contributed by atoms with Crippen LogP contribution in [-0.4, -0.2) is 36.0 Å². The Kier molecular flexibility index (Phi) is 5.10. The molecule has 1 aromatic heterocycles. The van der Waals surface area contributed by atoms with Gasteiger partial charge >= 0.3 is 5.97 Å². The number of carbonyl (C=O) groups excluding carboxylic acids is 2. The molecule has 0 aliphatic heterocycles. The molecule has 0 saturated heterocycles. The Bertz CT molecular complexity index is 575. The highest BCUT2D eigenvalue weighted by atomic mass is 32.1. The normalized spacial score (nSPS) is 14.1. The second-order valence-corrected chi connectivity index (χ2v) is 5.81. The van der Waals surface area contributed by atoms with Crippen LogP contribution < -0.4 is 10.6 Å². The van der Waals surface area contributed by atoms with E-state index in [-0.39, 0.29) is 17.7 Å². The number of rotatable bonds is 7. The largest absolute Gasteiger partial charge is 0.478 e. The van der Waals surface area contributed by atoms with Crippen molar-refractivity contribution in [1.29, 1.82) is 0 Å². The molecule has 0 bridgehead atoms. The van der Waals surface area contributed by atoms with Crippen molar-refractivity contribution in [2.75, 3.05) is 13.1 Å². The fourth-order valence-corrected chi connectivity index (χ4v) is 2.48. The summed E-state index contributed by atoms with van der Waals surface area (Å²) < 4.78 is 0. The third-order valence-electron chi connectivity index (χ3n) is 2.90. The number of hydrogen-bond acceptors (Lipinski definition) is 4. The van der Waals surface area contributed by atoms with Crippen molar-refractivity contribution in [2.45, 2.75) is 12.8 Å². The maximum atomic E-state index is 11.8. The summed E-state index contributed by atoms with van der Waals surface area (Å²) in [6, 6.07) is 3.33. The molecule has 0 radical (unpaired) electrons. The standard InChI is InChI=1S/C14H16N2O4S/c17-12(18)6-4-10-3-5-11(21-10)14(20)16-8-7-15-13(19)9-1-2-9/h3-6,9H,1-2,7-8H2,(H,15,19)(H,16,20)(H,17,18)/b6-4+. The zero-order valence-corrected chi connectivity index (χ0v) is 12.1. The molecule has 0 unspecified atom stereocenters. The summed E-state index contributed by atoms with van der Waals surface area (Å²) in [4.78, 5) is 34.8. The number of carboxylic acids is 1. The Morgan fingerprint density at radius 3 is 2.62 bits per heavy atom. The average molecular weight is 308 g/mol. The van der Waals surface area contributed by atoms with Gasteiger partial charge in [0.15, 0.2) is 0 Å². The minimum Gasteiger partial charge on any atom is -0.478 e. The fourth-order valence-electron chi connectivity index (χ4n) is 1.66. The predicted octanol–water partition coefficient (Wildman–Crippen LogP) is 1.10. The van der Waals surface area contributed by atoms with Crippen molar-refractivity contribution in [3.05, 3.63) is 28.0 Å². The molecular formula is C14H16N2O4S. The molecule has 21 heavy (non-hydrogen) atoms. The van der Waals surface area contributed by atoms with Crippen molar-refractivity contribution in [1.82, 2.24) is 10.6 Å². The number of nitrogens with one attached hydrogen (secondary N) is 2. The first-order valence-electron chi connectivity index (χ1n) is 6.63. The number of carbonyl (C=O) groups is 3. The SMILES string of the molecule is O=C(O)/C=C/c1ccc(C(=O)NCCNC(=O)C2CC2)s1. The minimum atomic E-state index is -1.03. The lowest BCUT2D eigenvalue weighted by Gasteiger charge is -2.05. The lowest BCUT2D eigenvalue weighted by Crippen LogP contribution is -2.35. The van der Waals surface area contributed by atoms with Crippen LogP contribution in [0.1, 0.15) is 27.4 Å². The molecule has 1 aliphatic rings. The van der Waals surface area contributed by atoms with Crippen LogP contribution in [0.2, 0.25) is 0 Å². The van der Waals surface area contributed by atoms with Crippen LogP contribution >= 0.6 is 11.3 Å². The van der Waals surface area contributed by atoms with Crippen LogP contribution in [-0.2, 0) is 9.59 Å². The third kappa shape index (κ3) is 5.03. The van der Waals surface area contributed by atoms with Gasteiger partial charge in [-0.1, -0.05) is 0 Å². The molecule has 3 N–H and O–H groups in total. The van der Waals surface area contributed by atoms with Gasteiger partial charge in [-0.15, -0.1) is 11.3 Å².